The van der Waals surface area contributed by atoms with Gasteiger partial charge in [-0.15, -0.1) is 0 Å². The van der Waals surface area contributed by atoms with E-state index in [1.807, 2.05) is 56.3 Å². The normalized spacial score (nSPS) is 11.4. The number of hydrogen-bond acceptors (Lipinski definition) is 4. The summed E-state index contributed by atoms with van der Waals surface area (Å²) in [6, 6.07) is 15.7. The number of aryl methyl sites for hydroxylation is 1. The number of fused-ring (bicyclic) bond motifs is 1. The summed E-state index contributed by atoms with van der Waals surface area (Å²) >= 11 is 0. The number of carbonyl (C=O) groups is 1. The molecule has 0 unspecified atom stereocenters. The number of benzene rings is 2. The van der Waals surface area contributed by atoms with Gasteiger partial charge in [0, 0.05) is 17.0 Å². The van der Waals surface area contributed by atoms with E-state index in [0.29, 0.717) is 16.8 Å². The van der Waals surface area contributed by atoms with E-state index in [1.165, 1.54) is 0 Å². The molecule has 0 saturated carbocycles. The highest BCUT2D eigenvalue weighted by atomic mass is 16.5. The van der Waals surface area contributed by atoms with Gasteiger partial charge < -0.3 is 15.0 Å². The molecule has 3 aromatic rings. The van der Waals surface area contributed by atoms with Gasteiger partial charge in [-0.1, -0.05) is 38.1 Å². The van der Waals surface area contributed by atoms with Gasteiger partial charge in [-0.3, -0.25) is 14.2 Å². The summed E-state index contributed by atoms with van der Waals surface area (Å²) in [5.74, 6) is 0.516. The predicted molar refractivity (Wildman–Crippen MR) is 140 cm³/mol. The van der Waals surface area contributed by atoms with Crippen LogP contribution in [0.3, 0.4) is 0 Å². The van der Waals surface area contributed by atoms with E-state index in [2.05, 4.69) is 30.1 Å². The summed E-state index contributed by atoms with van der Waals surface area (Å²) in [6.45, 7) is 11.3. The van der Waals surface area contributed by atoms with Gasteiger partial charge in [0.25, 0.3) is 5.56 Å². The highest BCUT2D eigenvalue weighted by molar-refractivity contribution is 5.87. The molecule has 6 nitrogen and oxygen atoms in total. The third-order valence-electron chi connectivity index (χ3n) is 6.13. The van der Waals surface area contributed by atoms with E-state index in [1.54, 1.807) is 11.7 Å². The van der Waals surface area contributed by atoms with Crippen LogP contribution in [0.25, 0.3) is 22.0 Å². The summed E-state index contributed by atoms with van der Waals surface area (Å²) in [5.41, 5.74) is 2.52. The second kappa shape index (κ2) is 11.8. The number of rotatable bonds is 11. The van der Waals surface area contributed by atoms with Crippen molar-refractivity contribution in [1.29, 1.82) is 0 Å². The predicted octanol–water partition coefficient (Wildman–Crippen LogP) is 4.48. The Bertz CT molecular complexity index is 1180. The molecule has 0 bridgehead atoms. The average Bonchev–Trinajstić information content (AvgIpc) is 2.83. The molecule has 182 valence electrons. The second-order valence-corrected chi connectivity index (χ2v) is 8.93. The molecule has 34 heavy (non-hydrogen) atoms. The van der Waals surface area contributed by atoms with Crippen molar-refractivity contribution in [1.82, 2.24) is 14.8 Å². The largest absolute Gasteiger partial charge is 0.497 e. The van der Waals surface area contributed by atoms with Gasteiger partial charge in [0.1, 0.15) is 12.3 Å². The van der Waals surface area contributed by atoms with Crippen LogP contribution in [0, 0.1) is 0 Å². The summed E-state index contributed by atoms with van der Waals surface area (Å²) in [5, 5.41) is 4.41. The van der Waals surface area contributed by atoms with Gasteiger partial charge in [-0.2, -0.15) is 0 Å². The lowest BCUT2D eigenvalue weighted by molar-refractivity contribution is -0.122. The number of aromatic nitrogens is 1. The maximum absolute atomic E-state index is 13.7. The van der Waals surface area contributed by atoms with E-state index in [4.69, 9.17) is 4.74 Å². The number of nitrogens with zero attached hydrogens (tertiary/aromatic N) is 2. The summed E-state index contributed by atoms with van der Waals surface area (Å²) in [4.78, 5) is 28.7. The van der Waals surface area contributed by atoms with Crippen molar-refractivity contribution < 1.29 is 9.53 Å². The zero-order valence-corrected chi connectivity index (χ0v) is 21.1. The van der Waals surface area contributed by atoms with Gasteiger partial charge in [0.05, 0.1) is 12.8 Å². The zero-order chi connectivity index (χ0) is 24.7. The van der Waals surface area contributed by atoms with E-state index < -0.39 is 0 Å². The Labute approximate surface area is 202 Å². The molecule has 0 aliphatic carbocycles. The standard InChI is InChI=1S/C28H37N3O3/c1-6-30(7-2)15-9-10-21-13-14-22-18-26(23-11-8-12-24(17-23)34-5)31(28(33)25(22)16-21)19-27(32)29-20(3)4/h8,11-14,16-18,20H,6-7,9-10,15,19H2,1-5H3,(H,29,32). The topological polar surface area (TPSA) is 63.6 Å². The van der Waals surface area contributed by atoms with Gasteiger partial charge >= 0.3 is 0 Å². The van der Waals surface area contributed by atoms with Crippen molar-refractivity contribution >= 4 is 16.7 Å². The van der Waals surface area contributed by atoms with Crippen molar-refractivity contribution in [3.8, 4) is 17.0 Å². The van der Waals surface area contributed by atoms with Crippen LogP contribution in [0.2, 0.25) is 0 Å². The minimum Gasteiger partial charge on any atom is -0.497 e. The molecule has 3 rings (SSSR count). The number of carbonyl (C=O) groups excluding carboxylic acids is 1. The number of ether oxygens (including phenoxy) is 1. The van der Waals surface area contributed by atoms with Crippen molar-refractivity contribution in [3.63, 3.8) is 0 Å². The zero-order valence-electron chi connectivity index (χ0n) is 21.1. The lowest BCUT2D eigenvalue weighted by atomic mass is 10.0. The van der Waals surface area contributed by atoms with Crippen LogP contribution in [0.5, 0.6) is 5.75 Å². The van der Waals surface area contributed by atoms with Crippen LogP contribution in [-0.2, 0) is 17.8 Å². The van der Waals surface area contributed by atoms with Crippen molar-refractivity contribution in [2.24, 2.45) is 0 Å². The molecular formula is C28H37N3O3. The first-order chi connectivity index (χ1) is 16.4. The Morgan fingerprint density at radius 3 is 2.53 bits per heavy atom. The third kappa shape index (κ3) is 6.26. The van der Waals surface area contributed by atoms with Gasteiger partial charge in [-0.25, -0.2) is 0 Å². The minimum absolute atomic E-state index is 0.00124. The quantitative estimate of drug-likeness (QED) is 0.456. The molecule has 0 aliphatic heterocycles. The van der Waals surface area contributed by atoms with Crippen molar-refractivity contribution in [2.45, 2.75) is 53.1 Å². The molecular weight excluding hydrogens is 426 g/mol. The summed E-state index contributed by atoms with van der Waals surface area (Å²) < 4.78 is 6.96. The van der Waals surface area contributed by atoms with Crippen LogP contribution in [0.15, 0.2) is 53.3 Å². The summed E-state index contributed by atoms with van der Waals surface area (Å²) in [6.07, 6.45) is 1.96. The van der Waals surface area contributed by atoms with E-state index >= 15 is 0 Å². The first-order valence-electron chi connectivity index (χ1n) is 12.2. The van der Waals surface area contributed by atoms with E-state index in [0.717, 1.165) is 49.0 Å². The third-order valence-corrected chi connectivity index (χ3v) is 6.13. The van der Waals surface area contributed by atoms with Crippen LogP contribution in [-0.4, -0.2) is 48.2 Å². The monoisotopic (exact) mass is 463 g/mol. The van der Waals surface area contributed by atoms with Crippen molar-refractivity contribution in [2.75, 3.05) is 26.7 Å². The number of nitrogens with one attached hydrogen (secondary N) is 1. The molecule has 1 N–H and O–H groups in total. The van der Waals surface area contributed by atoms with E-state index in [9.17, 15) is 9.59 Å². The van der Waals surface area contributed by atoms with Crippen LogP contribution < -0.4 is 15.6 Å². The number of hydrogen-bond donors (Lipinski definition) is 1. The summed E-state index contributed by atoms with van der Waals surface area (Å²) in [7, 11) is 1.62. The number of pyridine rings is 1. The Hall–Kier alpha value is -3.12. The fraction of sp³-hybridized carbons (Fsp3) is 0.429. The maximum atomic E-state index is 13.7. The lowest BCUT2D eigenvalue weighted by Crippen LogP contribution is -2.36. The molecule has 0 saturated heterocycles. The maximum Gasteiger partial charge on any atom is 0.259 e. The molecule has 1 heterocycles. The van der Waals surface area contributed by atoms with Crippen LogP contribution in [0.1, 0.15) is 39.7 Å². The molecule has 0 radical (unpaired) electrons. The fourth-order valence-corrected chi connectivity index (χ4v) is 4.29. The van der Waals surface area contributed by atoms with Crippen LogP contribution >= 0.6 is 0 Å². The Kier molecular flexibility index (Phi) is 8.88. The van der Waals surface area contributed by atoms with Gasteiger partial charge in [-0.05, 0) is 81.5 Å². The molecule has 0 atom stereocenters. The average molecular weight is 464 g/mol. The highest BCUT2D eigenvalue weighted by Crippen LogP contribution is 2.26. The molecule has 2 aromatic carbocycles. The van der Waals surface area contributed by atoms with Crippen LogP contribution in [0.4, 0.5) is 0 Å². The van der Waals surface area contributed by atoms with E-state index in [-0.39, 0.29) is 24.1 Å². The lowest BCUT2D eigenvalue weighted by Gasteiger charge is -2.18. The molecule has 0 spiro atoms. The first-order valence-corrected chi connectivity index (χ1v) is 12.2. The number of methoxy groups -OCH3 is 1. The smallest absolute Gasteiger partial charge is 0.259 e. The molecule has 1 amide bonds. The molecule has 0 fully saturated rings. The number of amides is 1. The second-order valence-electron chi connectivity index (χ2n) is 8.93. The first kappa shape index (κ1) is 25.5. The van der Waals surface area contributed by atoms with Gasteiger partial charge in [0.2, 0.25) is 5.91 Å². The molecule has 1 aromatic heterocycles. The Morgan fingerprint density at radius 1 is 1.09 bits per heavy atom. The SMILES string of the molecule is CCN(CC)CCCc1ccc2cc(-c3cccc(OC)c3)n(CC(=O)NC(C)C)c(=O)c2c1. The minimum atomic E-state index is -0.184. The van der Waals surface area contributed by atoms with Gasteiger partial charge in [0.15, 0.2) is 0 Å². The van der Waals surface area contributed by atoms with Crippen molar-refractivity contribution in [3.05, 3.63) is 64.4 Å². The Morgan fingerprint density at radius 2 is 1.85 bits per heavy atom. The fourth-order valence-electron chi connectivity index (χ4n) is 4.29. The Balaban J connectivity index is 2.03. The molecule has 0 aliphatic rings. The molecule has 6 heteroatoms. The highest BCUT2D eigenvalue weighted by Gasteiger charge is 2.16.